The molecule has 2 saturated carbocycles. The smallest absolute Gasteiger partial charge is 0.253 e. The van der Waals surface area contributed by atoms with Gasteiger partial charge in [-0.15, -0.1) is 0 Å². The van der Waals surface area contributed by atoms with Crippen LogP contribution >= 0.6 is 0 Å². The Morgan fingerprint density at radius 3 is 2.61 bits per heavy atom. The second-order valence-corrected chi connectivity index (χ2v) is 11.0. The van der Waals surface area contributed by atoms with Crippen LogP contribution in [0.15, 0.2) is 42.5 Å². The lowest BCUT2D eigenvalue weighted by Gasteiger charge is -2.33. The van der Waals surface area contributed by atoms with E-state index in [9.17, 15) is 4.79 Å². The molecule has 0 spiro atoms. The highest BCUT2D eigenvalue weighted by Gasteiger charge is 2.37. The van der Waals surface area contributed by atoms with Crippen molar-refractivity contribution < 1.29 is 9.53 Å². The summed E-state index contributed by atoms with van der Waals surface area (Å²) >= 11 is 0. The van der Waals surface area contributed by atoms with E-state index in [0.29, 0.717) is 0 Å². The third-order valence-corrected chi connectivity index (χ3v) is 8.53. The third-order valence-electron chi connectivity index (χ3n) is 8.53. The number of nitrogens with zero attached hydrogens (tertiary/aromatic N) is 2. The van der Waals surface area contributed by atoms with Crippen molar-refractivity contribution in [3.05, 3.63) is 64.7 Å². The molecule has 2 aromatic carbocycles. The minimum absolute atomic E-state index is 0.109. The Morgan fingerprint density at radius 2 is 1.88 bits per heavy atom. The van der Waals surface area contributed by atoms with E-state index in [1.165, 1.54) is 55.3 Å². The van der Waals surface area contributed by atoms with Crippen LogP contribution in [0.4, 0.5) is 0 Å². The molecule has 4 nitrogen and oxygen atoms in total. The van der Waals surface area contributed by atoms with E-state index in [-0.39, 0.29) is 11.9 Å². The summed E-state index contributed by atoms with van der Waals surface area (Å²) in [5.41, 5.74) is 5.12. The van der Waals surface area contributed by atoms with Gasteiger partial charge in [-0.2, -0.15) is 0 Å². The molecule has 0 unspecified atom stereocenters. The molecule has 174 valence electrons. The van der Waals surface area contributed by atoms with Gasteiger partial charge in [0.15, 0.2) is 0 Å². The zero-order valence-corrected chi connectivity index (χ0v) is 19.8. The van der Waals surface area contributed by atoms with Crippen LogP contribution in [0, 0.1) is 11.8 Å². The largest absolute Gasteiger partial charge is 0.493 e. The SMILES string of the molecule is CN(C(=O)c1ccc(OCC2CC2)cc1)[C@H]1CCc2cc(CN3C[C@@H]4CC[C@H]3C4)ccc2C1. The predicted molar refractivity (Wildman–Crippen MR) is 131 cm³/mol. The molecule has 6 rings (SSSR count). The Balaban J connectivity index is 1.06. The standard InChI is InChI=1S/C29H36N2O2/c1-30(29(32)23-8-12-28(13-9-23)33-19-20-2-3-20)26-11-7-24-14-21(4-6-25(24)16-26)17-31-18-22-5-10-27(31)15-22/h4,6,8-9,12-14,20,22,26-27H,2-3,5,7,10-11,15-19H2,1H3/t22-,26+,27+/m1/s1. The fraction of sp³-hybridized carbons (Fsp3) is 0.552. The van der Waals surface area contributed by atoms with Gasteiger partial charge in [-0.3, -0.25) is 9.69 Å². The van der Waals surface area contributed by atoms with Crippen molar-refractivity contribution in [2.75, 3.05) is 20.2 Å². The summed E-state index contributed by atoms with van der Waals surface area (Å²) in [5, 5.41) is 0. The van der Waals surface area contributed by atoms with Crippen molar-refractivity contribution in [3.8, 4) is 5.75 Å². The fourth-order valence-corrected chi connectivity index (χ4v) is 6.23. The first-order valence-electron chi connectivity index (χ1n) is 13.0. The summed E-state index contributed by atoms with van der Waals surface area (Å²) in [5.74, 6) is 2.66. The van der Waals surface area contributed by atoms with Gasteiger partial charge in [-0.1, -0.05) is 18.2 Å². The molecule has 1 heterocycles. The summed E-state index contributed by atoms with van der Waals surface area (Å²) in [6, 6.07) is 15.9. The second kappa shape index (κ2) is 8.79. The number of hydrogen-bond acceptors (Lipinski definition) is 3. The summed E-state index contributed by atoms with van der Waals surface area (Å²) < 4.78 is 5.82. The van der Waals surface area contributed by atoms with Gasteiger partial charge in [0.1, 0.15) is 5.75 Å². The lowest BCUT2D eigenvalue weighted by molar-refractivity contribution is 0.0719. The highest BCUT2D eigenvalue weighted by molar-refractivity contribution is 5.94. The molecule has 2 bridgehead atoms. The number of likely N-dealkylation sites (N-methyl/N-ethyl adjacent to an activating group) is 1. The molecule has 0 aromatic heterocycles. The molecule has 1 aliphatic heterocycles. The molecule has 4 aliphatic rings. The van der Waals surface area contributed by atoms with Crippen molar-refractivity contribution in [2.24, 2.45) is 11.8 Å². The summed E-state index contributed by atoms with van der Waals surface area (Å²) in [6.45, 7) is 3.20. The van der Waals surface area contributed by atoms with Gasteiger partial charge < -0.3 is 9.64 Å². The fourth-order valence-electron chi connectivity index (χ4n) is 6.23. The number of hydrogen-bond donors (Lipinski definition) is 0. The van der Waals surface area contributed by atoms with Crippen molar-refractivity contribution in [1.29, 1.82) is 0 Å². The first-order chi connectivity index (χ1) is 16.1. The Labute approximate surface area is 197 Å². The topological polar surface area (TPSA) is 32.8 Å². The molecule has 33 heavy (non-hydrogen) atoms. The maximum Gasteiger partial charge on any atom is 0.253 e. The molecule has 0 radical (unpaired) electrons. The Kier molecular flexibility index (Phi) is 5.65. The summed E-state index contributed by atoms with van der Waals surface area (Å²) in [6.07, 6.45) is 9.88. The lowest BCUT2D eigenvalue weighted by atomic mass is 9.86. The minimum Gasteiger partial charge on any atom is -0.493 e. The van der Waals surface area contributed by atoms with Crippen molar-refractivity contribution >= 4 is 5.91 Å². The Morgan fingerprint density at radius 1 is 1.03 bits per heavy atom. The van der Waals surface area contributed by atoms with Crippen LogP contribution in [0.25, 0.3) is 0 Å². The van der Waals surface area contributed by atoms with E-state index in [4.69, 9.17) is 4.74 Å². The number of carbonyl (C=O) groups is 1. The number of amides is 1. The molecule has 0 N–H and O–H groups in total. The number of piperidine rings is 1. The lowest BCUT2D eigenvalue weighted by Crippen LogP contribution is -2.40. The van der Waals surface area contributed by atoms with Crippen LogP contribution < -0.4 is 4.74 Å². The molecule has 3 aliphatic carbocycles. The van der Waals surface area contributed by atoms with Crippen LogP contribution in [0.2, 0.25) is 0 Å². The quantitative estimate of drug-likeness (QED) is 0.596. The van der Waals surface area contributed by atoms with Gasteiger partial charge in [0.05, 0.1) is 6.61 Å². The molecule has 4 heteroatoms. The van der Waals surface area contributed by atoms with Crippen molar-refractivity contribution in [2.45, 2.75) is 70.0 Å². The van der Waals surface area contributed by atoms with Crippen molar-refractivity contribution in [1.82, 2.24) is 9.80 Å². The predicted octanol–water partition coefficient (Wildman–Crippen LogP) is 5.09. The number of fused-ring (bicyclic) bond motifs is 3. The number of aryl methyl sites for hydroxylation is 1. The molecular weight excluding hydrogens is 408 g/mol. The van der Waals surface area contributed by atoms with Crippen LogP contribution in [0.1, 0.15) is 65.6 Å². The Hall–Kier alpha value is -2.33. The van der Waals surface area contributed by atoms with Crippen LogP contribution in [-0.4, -0.2) is 48.0 Å². The summed E-state index contributed by atoms with van der Waals surface area (Å²) in [4.78, 5) is 17.8. The minimum atomic E-state index is 0.109. The third kappa shape index (κ3) is 4.55. The van der Waals surface area contributed by atoms with Gasteiger partial charge in [0.25, 0.3) is 5.91 Å². The van der Waals surface area contributed by atoms with Crippen LogP contribution in [0.3, 0.4) is 0 Å². The number of rotatable bonds is 7. The Bertz CT molecular complexity index is 1010. The van der Waals surface area contributed by atoms with E-state index < -0.39 is 0 Å². The normalized spacial score (nSPS) is 26.3. The number of ether oxygens (including phenoxy) is 1. The summed E-state index contributed by atoms with van der Waals surface area (Å²) in [7, 11) is 1.96. The molecule has 1 saturated heterocycles. The van der Waals surface area contributed by atoms with Gasteiger partial charge >= 0.3 is 0 Å². The van der Waals surface area contributed by atoms with E-state index >= 15 is 0 Å². The number of likely N-dealkylation sites (tertiary alicyclic amines) is 1. The van der Waals surface area contributed by atoms with Crippen molar-refractivity contribution in [3.63, 3.8) is 0 Å². The van der Waals surface area contributed by atoms with E-state index in [1.54, 1.807) is 0 Å². The molecular formula is C29H36N2O2. The van der Waals surface area contributed by atoms with Gasteiger partial charge in [0.2, 0.25) is 0 Å². The zero-order valence-electron chi connectivity index (χ0n) is 19.8. The first kappa shape index (κ1) is 21.2. The monoisotopic (exact) mass is 444 g/mol. The second-order valence-electron chi connectivity index (χ2n) is 11.0. The first-order valence-corrected chi connectivity index (χ1v) is 13.0. The maximum atomic E-state index is 13.1. The van der Waals surface area contributed by atoms with Crippen LogP contribution in [-0.2, 0) is 19.4 Å². The number of benzene rings is 2. The van der Waals surface area contributed by atoms with Gasteiger partial charge in [0, 0.05) is 37.8 Å². The highest BCUT2D eigenvalue weighted by atomic mass is 16.5. The molecule has 2 aromatic rings. The van der Waals surface area contributed by atoms with Gasteiger partial charge in [-0.25, -0.2) is 0 Å². The number of carbonyl (C=O) groups excluding carboxylic acids is 1. The average Bonchev–Trinajstić information content (AvgIpc) is 3.45. The molecule has 1 amide bonds. The maximum absolute atomic E-state index is 13.1. The zero-order chi connectivity index (χ0) is 22.4. The average molecular weight is 445 g/mol. The van der Waals surface area contributed by atoms with E-state index in [0.717, 1.165) is 61.6 Å². The van der Waals surface area contributed by atoms with Crippen LogP contribution in [0.5, 0.6) is 5.75 Å². The van der Waals surface area contributed by atoms with E-state index in [2.05, 4.69) is 23.1 Å². The van der Waals surface area contributed by atoms with Gasteiger partial charge in [-0.05, 0) is 104 Å². The van der Waals surface area contributed by atoms with E-state index in [1.807, 2.05) is 36.2 Å². The highest BCUT2D eigenvalue weighted by Crippen LogP contribution is 2.38. The molecule has 3 atom stereocenters. The molecule has 3 fully saturated rings.